The zero-order valence-corrected chi connectivity index (χ0v) is 21.7. The molecule has 0 N–H and O–H groups in total. The van der Waals surface area contributed by atoms with Crippen LogP contribution in [-0.4, -0.2) is 68.8 Å². The molecule has 33 heavy (non-hydrogen) atoms. The number of carbonyl (C=O) groups is 1. The van der Waals surface area contributed by atoms with Crippen LogP contribution in [0.15, 0.2) is 47.4 Å². The standard InChI is InChI=1S/C23H29ClN4O3S2/c1-5-27(6-2)33(30,31)18-13-11-17(12-14-18)22(29)28(16-8-15-26(3)4)23-25-21-19(24)9-7-10-20(21)32-23/h7,9-14H,5-6,8,15-16H2,1-4H3. The fourth-order valence-corrected chi connectivity index (χ4v) is 6.23. The molecule has 3 aromatic rings. The fraction of sp³-hybridized carbons (Fsp3) is 0.391. The van der Waals surface area contributed by atoms with Crippen molar-refractivity contribution in [2.75, 3.05) is 45.2 Å². The van der Waals surface area contributed by atoms with Crippen molar-refractivity contribution in [3.8, 4) is 0 Å². The number of sulfonamides is 1. The van der Waals surface area contributed by atoms with Gasteiger partial charge in [0, 0.05) is 25.2 Å². The molecule has 0 saturated carbocycles. The van der Waals surface area contributed by atoms with Gasteiger partial charge in [0.2, 0.25) is 10.0 Å². The molecule has 0 unspecified atom stereocenters. The van der Waals surface area contributed by atoms with Crippen molar-refractivity contribution in [2.24, 2.45) is 0 Å². The maximum absolute atomic E-state index is 13.5. The lowest BCUT2D eigenvalue weighted by Crippen LogP contribution is -2.33. The number of halogens is 1. The quantitative estimate of drug-likeness (QED) is 0.401. The molecule has 1 aromatic heterocycles. The van der Waals surface area contributed by atoms with Crippen LogP contribution in [0.25, 0.3) is 10.2 Å². The molecule has 0 aliphatic heterocycles. The van der Waals surface area contributed by atoms with Crippen molar-refractivity contribution in [1.29, 1.82) is 0 Å². The first-order valence-electron chi connectivity index (χ1n) is 10.8. The second-order valence-corrected chi connectivity index (χ2v) is 11.2. The molecule has 10 heteroatoms. The van der Waals surface area contributed by atoms with Crippen LogP contribution in [0.5, 0.6) is 0 Å². The van der Waals surface area contributed by atoms with E-state index in [0.29, 0.717) is 40.9 Å². The van der Waals surface area contributed by atoms with E-state index in [0.717, 1.165) is 17.7 Å². The number of aromatic nitrogens is 1. The molecule has 0 bridgehead atoms. The Morgan fingerprint density at radius 1 is 1.03 bits per heavy atom. The molecule has 7 nitrogen and oxygen atoms in total. The van der Waals surface area contributed by atoms with Crippen molar-refractivity contribution >= 4 is 54.2 Å². The monoisotopic (exact) mass is 508 g/mol. The maximum atomic E-state index is 13.5. The third-order valence-corrected chi connectivity index (χ3v) is 8.68. The Morgan fingerprint density at radius 3 is 2.27 bits per heavy atom. The van der Waals surface area contributed by atoms with Crippen molar-refractivity contribution in [3.05, 3.63) is 53.1 Å². The minimum absolute atomic E-state index is 0.175. The molecule has 0 fully saturated rings. The molecule has 3 rings (SSSR count). The molecule has 0 aliphatic carbocycles. The number of fused-ring (bicyclic) bond motifs is 1. The first-order chi connectivity index (χ1) is 15.7. The Hall–Kier alpha value is -2.04. The van der Waals surface area contributed by atoms with Gasteiger partial charge in [-0.05, 0) is 63.5 Å². The lowest BCUT2D eigenvalue weighted by Gasteiger charge is -2.22. The minimum Gasteiger partial charge on any atom is -0.309 e. The number of benzene rings is 2. The molecule has 0 saturated heterocycles. The third kappa shape index (κ3) is 5.73. The predicted octanol–water partition coefficient (Wildman–Crippen LogP) is 4.58. The molecule has 0 atom stereocenters. The van der Waals surface area contributed by atoms with Crippen LogP contribution in [0.3, 0.4) is 0 Å². The number of rotatable bonds is 10. The smallest absolute Gasteiger partial charge is 0.260 e. The van der Waals surface area contributed by atoms with Gasteiger partial charge in [0.05, 0.1) is 14.6 Å². The van der Waals surface area contributed by atoms with Crippen LogP contribution < -0.4 is 4.90 Å². The molecular weight excluding hydrogens is 480 g/mol. The summed E-state index contributed by atoms with van der Waals surface area (Å²) in [4.78, 5) is 22.0. The maximum Gasteiger partial charge on any atom is 0.260 e. The van der Waals surface area contributed by atoms with E-state index < -0.39 is 10.0 Å². The highest BCUT2D eigenvalue weighted by Crippen LogP contribution is 2.33. The summed E-state index contributed by atoms with van der Waals surface area (Å²) >= 11 is 7.71. The van der Waals surface area contributed by atoms with E-state index >= 15 is 0 Å². The van der Waals surface area contributed by atoms with Crippen molar-refractivity contribution in [2.45, 2.75) is 25.2 Å². The molecule has 0 radical (unpaired) electrons. The summed E-state index contributed by atoms with van der Waals surface area (Å²) in [5.74, 6) is -0.226. The predicted molar refractivity (Wildman–Crippen MR) is 136 cm³/mol. The van der Waals surface area contributed by atoms with E-state index in [1.165, 1.54) is 27.8 Å². The first kappa shape index (κ1) is 25.6. The van der Waals surface area contributed by atoms with Crippen molar-refractivity contribution in [1.82, 2.24) is 14.2 Å². The second kappa shape index (κ2) is 10.9. The zero-order chi connectivity index (χ0) is 24.2. The molecule has 0 aliphatic rings. The van der Waals surface area contributed by atoms with E-state index in [9.17, 15) is 13.2 Å². The van der Waals surface area contributed by atoms with E-state index in [4.69, 9.17) is 11.6 Å². The van der Waals surface area contributed by atoms with E-state index in [1.54, 1.807) is 36.9 Å². The normalized spacial score (nSPS) is 12.1. The summed E-state index contributed by atoms with van der Waals surface area (Å²) in [6.07, 6.45) is 0.761. The van der Waals surface area contributed by atoms with Gasteiger partial charge in [-0.3, -0.25) is 9.69 Å². The number of carbonyl (C=O) groups excluding carboxylic acids is 1. The number of thiazole rings is 1. The van der Waals surface area contributed by atoms with Crippen LogP contribution in [0.2, 0.25) is 5.02 Å². The SMILES string of the molecule is CCN(CC)S(=O)(=O)c1ccc(C(=O)N(CCCN(C)C)c2nc3c(Cl)cccc3s2)cc1. The number of amides is 1. The summed E-state index contributed by atoms with van der Waals surface area (Å²) in [7, 11) is 0.386. The highest BCUT2D eigenvalue weighted by atomic mass is 35.5. The number of para-hydroxylation sites is 1. The van der Waals surface area contributed by atoms with Crippen LogP contribution in [0.4, 0.5) is 5.13 Å². The first-order valence-corrected chi connectivity index (χ1v) is 13.4. The fourth-order valence-electron chi connectivity index (χ4n) is 3.49. The van der Waals surface area contributed by atoms with Gasteiger partial charge in [0.25, 0.3) is 5.91 Å². The zero-order valence-electron chi connectivity index (χ0n) is 19.3. The molecule has 0 spiro atoms. The summed E-state index contributed by atoms with van der Waals surface area (Å²) in [5, 5.41) is 1.11. The average molecular weight is 509 g/mol. The van der Waals surface area contributed by atoms with E-state index in [2.05, 4.69) is 9.88 Å². The van der Waals surface area contributed by atoms with Gasteiger partial charge in [-0.1, -0.05) is 42.9 Å². The second-order valence-electron chi connectivity index (χ2n) is 7.81. The molecule has 2 aromatic carbocycles. The summed E-state index contributed by atoms with van der Waals surface area (Å²) in [6.45, 7) is 5.67. The van der Waals surface area contributed by atoms with E-state index in [1.807, 2.05) is 26.2 Å². The average Bonchev–Trinajstić information content (AvgIpc) is 3.22. The topological polar surface area (TPSA) is 73.8 Å². The lowest BCUT2D eigenvalue weighted by atomic mass is 10.2. The van der Waals surface area contributed by atoms with Gasteiger partial charge >= 0.3 is 0 Å². The van der Waals surface area contributed by atoms with Crippen LogP contribution >= 0.6 is 22.9 Å². The number of nitrogens with zero attached hydrogens (tertiary/aromatic N) is 4. The summed E-state index contributed by atoms with van der Waals surface area (Å²) < 4.78 is 27.8. The molecule has 178 valence electrons. The Kier molecular flexibility index (Phi) is 8.47. The molecule has 1 heterocycles. The lowest BCUT2D eigenvalue weighted by molar-refractivity contribution is 0.0986. The van der Waals surface area contributed by atoms with Gasteiger partial charge in [0.1, 0.15) is 5.52 Å². The Morgan fingerprint density at radius 2 is 1.70 bits per heavy atom. The van der Waals surface area contributed by atoms with Crippen LogP contribution in [0, 0.1) is 0 Å². The summed E-state index contributed by atoms with van der Waals surface area (Å²) in [6, 6.07) is 11.7. The largest absolute Gasteiger partial charge is 0.309 e. The molecule has 1 amide bonds. The number of hydrogen-bond donors (Lipinski definition) is 0. The Balaban J connectivity index is 1.93. The highest BCUT2D eigenvalue weighted by molar-refractivity contribution is 7.89. The van der Waals surface area contributed by atoms with Crippen LogP contribution in [0.1, 0.15) is 30.6 Å². The van der Waals surface area contributed by atoms with Gasteiger partial charge in [-0.15, -0.1) is 0 Å². The van der Waals surface area contributed by atoms with Crippen molar-refractivity contribution < 1.29 is 13.2 Å². The van der Waals surface area contributed by atoms with Gasteiger partial charge in [0.15, 0.2) is 5.13 Å². The summed E-state index contributed by atoms with van der Waals surface area (Å²) in [5.41, 5.74) is 1.08. The number of hydrogen-bond acceptors (Lipinski definition) is 6. The van der Waals surface area contributed by atoms with E-state index in [-0.39, 0.29) is 10.8 Å². The Labute approximate surface area is 204 Å². The van der Waals surface area contributed by atoms with Gasteiger partial charge < -0.3 is 4.90 Å². The van der Waals surface area contributed by atoms with Crippen LogP contribution in [-0.2, 0) is 10.0 Å². The Bertz CT molecular complexity index is 1210. The third-order valence-electron chi connectivity index (χ3n) is 5.27. The van der Waals surface area contributed by atoms with Crippen molar-refractivity contribution in [3.63, 3.8) is 0 Å². The highest BCUT2D eigenvalue weighted by Gasteiger charge is 2.24. The minimum atomic E-state index is -3.58. The number of anilines is 1. The van der Waals surface area contributed by atoms with Gasteiger partial charge in [-0.2, -0.15) is 4.31 Å². The molecular formula is C23H29ClN4O3S2. The van der Waals surface area contributed by atoms with Gasteiger partial charge in [-0.25, -0.2) is 13.4 Å².